The highest BCUT2D eigenvalue weighted by Gasteiger charge is 2.40. The number of benzene rings is 1. The average molecular weight is 215 g/mol. The van der Waals surface area contributed by atoms with Crippen molar-refractivity contribution in [1.29, 1.82) is 0 Å². The molecule has 3 rings (SSSR count). The van der Waals surface area contributed by atoms with Crippen LogP contribution >= 0.6 is 0 Å². The van der Waals surface area contributed by atoms with Gasteiger partial charge in [0.1, 0.15) is 0 Å². The van der Waals surface area contributed by atoms with Gasteiger partial charge < -0.3 is 5.73 Å². The Morgan fingerprint density at radius 3 is 2.56 bits per heavy atom. The van der Waals surface area contributed by atoms with Crippen LogP contribution in [0.15, 0.2) is 12.1 Å². The largest absolute Gasteiger partial charge is 0.398 e. The summed E-state index contributed by atoms with van der Waals surface area (Å²) in [5.41, 5.74) is 12.1. The Balaban J connectivity index is 2.25. The van der Waals surface area contributed by atoms with Gasteiger partial charge in [-0.3, -0.25) is 0 Å². The average Bonchev–Trinajstić information content (AvgIpc) is 2.96. The maximum Gasteiger partial charge on any atom is 0.0352 e. The monoisotopic (exact) mass is 215 g/mol. The Morgan fingerprint density at radius 1 is 1.25 bits per heavy atom. The van der Waals surface area contributed by atoms with E-state index < -0.39 is 0 Å². The number of rotatable bonds is 1. The van der Waals surface area contributed by atoms with Crippen LogP contribution in [0.1, 0.15) is 68.6 Å². The maximum atomic E-state index is 6.17. The fourth-order valence-electron chi connectivity index (χ4n) is 3.64. The molecule has 1 heteroatoms. The predicted octanol–water partition coefficient (Wildman–Crippen LogP) is 3.93. The Hall–Kier alpha value is -0.980. The van der Waals surface area contributed by atoms with Gasteiger partial charge in [0.25, 0.3) is 0 Å². The Kier molecular flexibility index (Phi) is 1.93. The molecule has 2 aliphatic rings. The summed E-state index contributed by atoms with van der Waals surface area (Å²) >= 11 is 0. The highest BCUT2D eigenvalue weighted by atomic mass is 14.6. The van der Waals surface area contributed by atoms with Gasteiger partial charge in [-0.25, -0.2) is 0 Å². The zero-order valence-corrected chi connectivity index (χ0v) is 10.5. The summed E-state index contributed by atoms with van der Waals surface area (Å²) < 4.78 is 0. The lowest BCUT2D eigenvalue weighted by molar-refractivity contribution is 0.486. The van der Waals surface area contributed by atoms with Crippen molar-refractivity contribution in [3.63, 3.8) is 0 Å². The van der Waals surface area contributed by atoms with Crippen molar-refractivity contribution >= 4 is 5.69 Å². The number of hydrogen-bond acceptors (Lipinski definition) is 1. The highest BCUT2D eigenvalue weighted by Crippen LogP contribution is 2.54. The van der Waals surface area contributed by atoms with Gasteiger partial charge in [-0.2, -0.15) is 0 Å². The summed E-state index contributed by atoms with van der Waals surface area (Å²) in [5.74, 6) is 1.46. The SMILES string of the molecule is C[C@H]1CC(C)(C)c2c(C3CC3)ccc(N)c21. The molecular formula is C15H21N. The van der Waals surface area contributed by atoms with Crippen LogP contribution in [-0.4, -0.2) is 0 Å². The second-order valence-corrected chi connectivity index (χ2v) is 6.30. The molecule has 16 heavy (non-hydrogen) atoms. The minimum absolute atomic E-state index is 0.321. The summed E-state index contributed by atoms with van der Waals surface area (Å²) in [4.78, 5) is 0. The second kappa shape index (κ2) is 3.03. The molecule has 1 aromatic rings. The normalized spacial score (nSPS) is 26.8. The Labute approximate surface area is 98.0 Å². The van der Waals surface area contributed by atoms with Crippen molar-refractivity contribution in [2.75, 3.05) is 5.73 Å². The van der Waals surface area contributed by atoms with Crippen molar-refractivity contribution in [3.8, 4) is 0 Å². The molecule has 86 valence electrons. The molecule has 0 amide bonds. The number of nitrogens with two attached hydrogens (primary N) is 1. The summed E-state index contributed by atoms with van der Waals surface area (Å²) in [6.45, 7) is 7.07. The van der Waals surface area contributed by atoms with Crippen molar-refractivity contribution in [2.45, 2.75) is 57.3 Å². The molecule has 1 fully saturated rings. The third kappa shape index (κ3) is 1.30. The van der Waals surface area contributed by atoms with Gasteiger partial charge in [0, 0.05) is 5.69 Å². The van der Waals surface area contributed by atoms with Gasteiger partial charge in [-0.15, -0.1) is 0 Å². The van der Waals surface area contributed by atoms with Crippen LogP contribution in [0.25, 0.3) is 0 Å². The summed E-state index contributed by atoms with van der Waals surface area (Å²) in [6, 6.07) is 4.41. The van der Waals surface area contributed by atoms with Crippen molar-refractivity contribution in [2.24, 2.45) is 0 Å². The van der Waals surface area contributed by atoms with E-state index in [0.717, 1.165) is 11.6 Å². The molecule has 0 aromatic heterocycles. The zero-order chi connectivity index (χ0) is 11.5. The van der Waals surface area contributed by atoms with Gasteiger partial charge in [0.2, 0.25) is 0 Å². The molecule has 0 saturated heterocycles. The van der Waals surface area contributed by atoms with Crippen molar-refractivity contribution in [1.82, 2.24) is 0 Å². The summed E-state index contributed by atoms with van der Waals surface area (Å²) in [5, 5.41) is 0. The van der Waals surface area contributed by atoms with E-state index in [1.165, 1.54) is 24.8 Å². The molecular weight excluding hydrogens is 194 g/mol. The van der Waals surface area contributed by atoms with Crippen LogP contribution in [0.4, 0.5) is 5.69 Å². The van der Waals surface area contributed by atoms with Crippen molar-refractivity contribution < 1.29 is 0 Å². The molecule has 1 atom stereocenters. The Morgan fingerprint density at radius 2 is 1.94 bits per heavy atom. The lowest BCUT2D eigenvalue weighted by Crippen LogP contribution is -2.14. The first-order chi connectivity index (χ1) is 7.50. The van der Waals surface area contributed by atoms with E-state index in [9.17, 15) is 0 Å². The molecule has 0 spiro atoms. The van der Waals surface area contributed by atoms with Gasteiger partial charge in [-0.05, 0) is 59.3 Å². The fraction of sp³-hybridized carbons (Fsp3) is 0.600. The first kappa shape index (κ1) is 10.2. The van der Waals surface area contributed by atoms with Gasteiger partial charge in [-0.1, -0.05) is 26.8 Å². The first-order valence-corrected chi connectivity index (χ1v) is 6.43. The van der Waals surface area contributed by atoms with Crippen LogP contribution in [-0.2, 0) is 5.41 Å². The van der Waals surface area contributed by atoms with Crippen LogP contribution in [0.3, 0.4) is 0 Å². The van der Waals surface area contributed by atoms with Gasteiger partial charge in [0.05, 0.1) is 0 Å². The quantitative estimate of drug-likeness (QED) is 0.706. The summed E-state index contributed by atoms with van der Waals surface area (Å²) in [7, 11) is 0. The molecule has 0 radical (unpaired) electrons. The standard InChI is InChI=1S/C15H21N/c1-9-8-15(2,3)14-11(10-4-5-10)6-7-12(16)13(9)14/h6-7,9-10H,4-5,8,16H2,1-3H3/t9-/m0/s1. The third-order valence-corrected chi connectivity index (χ3v) is 4.31. The molecule has 2 N–H and O–H groups in total. The minimum atomic E-state index is 0.321. The molecule has 1 aromatic carbocycles. The topological polar surface area (TPSA) is 26.0 Å². The molecule has 0 unspecified atom stereocenters. The minimum Gasteiger partial charge on any atom is -0.398 e. The van der Waals surface area contributed by atoms with Crippen LogP contribution in [0.5, 0.6) is 0 Å². The molecule has 1 nitrogen and oxygen atoms in total. The number of nitrogen functional groups attached to an aromatic ring is 1. The molecule has 0 bridgehead atoms. The summed E-state index contributed by atoms with van der Waals surface area (Å²) in [6.07, 6.45) is 4.00. The fourth-order valence-corrected chi connectivity index (χ4v) is 3.64. The molecule has 0 heterocycles. The van der Waals surface area contributed by atoms with E-state index in [-0.39, 0.29) is 0 Å². The van der Waals surface area contributed by atoms with E-state index in [4.69, 9.17) is 5.73 Å². The highest BCUT2D eigenvalue weighted by molar-refractivity contribution is 5.61. The van der Waals surface area contributed by atoms with Crippen LogP contribution < -0.4 is 5.73 Å². The molecule has 2 aliphatic carbocycles. The van der Waals surface area contributed by atoms with Crippen LogP contribution in [0.2, 0.25) is 0 Å². The predicted molar refractivity (Wildman–Crippen MR) is 68.9 cm³/mol. The van der Waals surface area contributed by atoms with E-state index >= 15 is 0 Å². The number of hydrogen-bond donors (Lipinski definition) is 1. The number of fused-ring (bicyclic) bond motifs is 1. The van der Waals surface area contributed by atoms with E-state index in [2.05, 4.69) is 32.9 Å². The van der Waals surface area contributed by atoms with E-state index in [1.54, 1.807) is 11.1 Å². The molecule has 1 saturated carbocycles. The Bertz CT molecular complexity index is 441. The smallest absolute Gasteiger partial charge is 0.0352 e. The maximum absolute atomic E-state index is 6.17. The number of anilines is 1. The van der Waals surface area contributed by atoms with Gasteiger partial charge >= 0.3 is 0 Å². The lowest BCUT2D eigenvalue weighted by atomic mass is 9.82. The molecule has 0 aliphatic heterocycles. The lowest BCUT2D eigenvalue weighted by Gasteiger charge is -2.23. The van der Waals surface area contributed by atoms with Gasteiger partial charge in [0.15, 0.2) is 0 Å². The third-order valence-electron chi connectivity index (χ3n) is 4.31. The van der Waals surface area contributed by atoms with E-state index in [0.29, 0.717) is 11.3 Å². The zero-order valence-electron chi connectivity index (χ0n) is 10.5. The second-order valence-electron chi connectivity index (χ2n) is 6.30. The van der Waals surface area contributed by atoms with Crippen LogP contribution in [0, 0.1) is 0 Å². The first-order valence-electron chi connectivity index (χ1n) is 6.43. The van der Waals surface area contributed by atoms with E-state index in [1.807, 2.05) is 0 Å². The van der Waals surface area contributed by atoms with Crippen molar-refractivity contribution in [3.05, 3.63) is 28.8 Å².